The van der Waals surface area contributed by atoms with Gasteiger partial charge in [-0.15, -0.1) is 11.3 Å². The second-order valence-corrected chi connectivity index (χ2v) is 7.37. The molecule has 24 heavy (non-hydrogen) atoms. The third-order valence-electron chi connectivity index (χ3n) is 4.05. The van der Waals surface area contributed by atoms with Gasteiger partial charge in [-0.1, -0.05) is 13.8 Å². The van der Waals surface area contributed by atoms with Gasteiger partial charge in [-0.25, -0.2) is 15.0 Å². The summed E-state index contributed by atoms with van der Waals surface area (Å²) in [5.41, 5.74) is 1.87. The number of aromatic nitrogens is 3. The van der Waals surface area contributed by atoms with Crippen molar-refractivity contribution in [1.29, 1.82) is 0 Å². The monoisotopic (exact) mass is 345 g/mol. The minimum atomic E-state index is -0.0293. The average molecular weight is 345 g/mol. The molecule has 2 aromatic heterocycles. The van der Waals surface area contributed by atoms with Gasteiger partial charge in [0.2, 0.25) is 5.91 Å². The zero-order chi connectivity index (χ0) is 17.3. The third-order valence-corrected chi connectivity index (χ3v) is 4.93. The number of anilines is 2. The molecule has 3 rings (SSSR count). The number of thiazole rings is 1. The number of amides is 1. The minimum Gasteiger partial charge on any atom is -0.332 e. The minimum absolute atomic E-state index is 0.00806. The highest BCUT2D eigenvalue weighted by Crippen LogP contribution is 2.32. The van der Waals surface area contributed by atoms with Crippen LogP contribution >= 0.6 is 11.3 Å². The Kier molecular flexibility index (Phi) is 4.80. The fraction of sp³-hybridized carbons (Fsp3) is 0.529. The SMILES string of the molecule is Cc1cc(Nc2nc(C)cs2)nc([C@@H]2CCCN2C(=O)C(C)C)n1. The molecule has 6 nitrogen and oxygen atoms in total. The predicted molar refractivity (Wildman–Crippen MR) is 95.4 cm³/mol. The number of carbonyl (C=O) groups excluding carboxylic acids is 1. The number of rotatable bonds is 4. The van der Waals surface area contributed by atoms with Crippen LogP contribution in [0.4, 0.5) is 10.9 Å². The molecule has 128 valence electrons. The van der Waals surface area contributed by atoms with Gasteiger partial charge in [-0.05, 0) is 26.7 Å². The first-order chi connectivity index (χ1) is 11.4. The van der Waals surface area contributed by atoms with Crippen LogP contribution in [-0.4, -0.2) is 32.3 Å². The van der Waals surface area contributed by atoms with Crippen molar-refractivity contribution in [3.8, 4) is 0 Å². The van der Waals surface area contributed by atoms with E-state index in [0.717, 1.165) is 47.5 Å². The molecule has 0 spiro atoms. The normalized spacial score (nSPS) is 17.5. The van der Waals surface area contributed by atoms with Gasteiger partial charge in [0.25, 0.3) is 0 Å². The van der Waals surface area contributed by atoms with E-state index in [9.17, 15) is 4.79 Å². The summed E-state index contributed by atoms with van der Waals surface area (Å²) in [7, 11) is 0. The Hall–Kier alpha value is -2.02. The van der Waals surface area contributed by atoms with Crippen LogP contribution in [0.5, 0.6) is 0 Å². The number of hydrogen-bond acceptors (Lipinski definition) is 6. The lowest BCUT2D eigenvalue weighted by molar-refractivity contribution is -0.135. The number of nitrogens with one attached hydrogen (secondary N) is 1. The lowest BCUT2D eigenvalue weighted by Gasteiger charge is -2.25. The van der Waals surface area contributed by atoms with Gasteiger partial charge in [0.15, 0.2) is 11.0 Å². The van der Waals surface area contributed by atoms with Crippen LogP contribution < -0.4 is 5.32 Å². The fourth-order valence-electron chi connectivity index (χ4n) is 2.96. The van der Waals surface area contributed by atoms with Crippen molar-refractivity contribution in [1.82, 2.24) is 19.9 Å². The van der Waals surface area contributed by atoms with E-state index in [1.165, 1.54) is 0 Å². The summed E-state index contributed by atoms with van der Waals surface area (Å²) in [6.45, 7) is 8.58. The highest BCUT2D eigenvalue weighted by Gasteiger charge is 2.33. The molecule has 1 saturated heterocycles. The van der Waals surface area contributed by atoms with Crippen LogP contribution in [-0.2, 0) is 4.79 Å². The molecule has 2 aromatic rings. The van der Waals surface area contributed by atoms with Crippen molar-refractivity contribution >= 4 is 28.2 Å². The number of carbonyl (C=O) groups is 1. The third kappa shape index (κ3) is 3.56. The van der Waals surface area contributed by atoms with Crippen molar-refractivity contribution in [2.75, 3.05) is 11.9 Å². The van der Waals surface area contributed by atoms with Crippen LogP contribution in [0.15, 0.2) is 11.4 Å². The van der Waals surface area contributed by atoms with E-state index in [1.807, 2.05) is 44.0 Å². The first-order valence-electron chi connectivity index (χ1n) is 8.29. The van der Waals surface area contributed by atoms with E-state index in [0.29, 0.717) is 0 Å². The number of nitrogens with zero attached hydrogens (tertiary/aromatic N) is 4. The smallest absolute Gasteiger partial charge is 0.225 e. The van der Waals surface area contributed by atoms with E-state index >= 15 is 0 Å². The molecular weight excluding hydrogens is 322 g/mol. The zero-order valence-electron chi connectivity index (χ0n) is 14.5. The number of aryl methyl sites for hydroxylation is 2. The summed E-state index contributed by atoms with van der Waals surface area (Å²) in [6.07, 6.45) is 1.91. The molecule has 0 aromatic carbocycles. The fourth-order valence-corrected chi connectivity index (χ4v) is 3.65. The number of likely N-dealkylation sites (tertiary alicyclic amines) is 1. The van der Waals surface area contributed by atoms with Gasteiger partial charge in [0, 0.05) is 29.6 Å². The molecule has 0 unspecified atom stereocenters. The maximum atomic E-state index is 12.4. The van der Waals surface area contributed by atoms with E-state index in [1.54, 1.807) is 11.3 Å². The highest BCUT2D eigenvalue weighted by atomic mass is 32.1. The van der Waals surface area contributed by atoms with Gasteiger partial charge in [0.1, 0.15) is 5.82 Å². The molecule has 1 N–H and O–H groups in total. The van der Waals surface area contributed by atoms with Crippen molar-refractivity contribution in [3.05, 3.63) is 28.7 Å². The summed E-state index contributed by atoms with van der Waals surface area (Å²) in [5, 5.41) is 6.06. The Morgan fingerprint density at radius 2 is 2.08 bits per heavy atom. The lowest BCUT2D eigenvalue weighted by Crippen LogP contribution is -2.34. The Balaban J connectivity index is 1.86. The Bertz CT molecular complexity index is 742. The zero-order valence-corrected chi connectivity index (χ0v) is 15.4. The largest absolute Gasteiger partial charge is 0.332 e. The first-order valence-corrected chi connectivity index (χ1v) is 9.17. The lowest BCUT2D eigenvalue weighted by atomic mass is 10.1. The highest BCUT2D eigenvalue weighted by molar-refractivity contribution is 7.13. The van der Waals surface area contributed by atoms with Crippen LogP contribution in [0.2, 0.25) is 0 Å². The molecular formula is C17H23N5OS. The van der Waals surface area contributed by atoms with Gasteiger partial charge in [-0.3, -0.25) is 4.79 Å². The maximum Gasteiger partial charge on any atom is 0.225 e. The standard InChI is InChI=1S/C17H23N5OS/c1-10(2)16(23)22-7-5-6-13(22)15-18-11(3)8-14(20-15)21-17-19-12(4)9-24-17/h8-10,13H,5-7H2,1-4H3,(H,18,19,20,21)/t13-/m0/s1. The maximum absolute atomic E-state index is 12.4. The van der Waals surface area contributed by atoms with E-state index in [-0.39, 0.29) is 17.9 Å². The van der Waals surface area contributed by atoms with Crippen molar-refractivity contribution in [2.24, 2.45) is 5.92 Å². The Morgan fingerprint density at radius 3 is 2.75 bits per heavy atom. The van der Waals surface area contributed by atoms with Gasteiger partial charge in [0.05, 0.1) is 11.7 Å². The summed E-state index contributed by atoms with van der Waals surface area (Å²) < 4.78 is 0. The molecule has 0 bridgehead atoms. The van der Waals surface area contributed by atoms with Gasteiger partial charge in [-0.2, -0.15) is 0 Å². The summed E-state index contributed by atoms with van der Waals surface area (Å²) in [6, 6.07) is 1.88. The molecule has 7 heteroatoms. The van der Waals surface area contributed by atoms with E-state index in [2.05, 4.69) is 20.3 Å². The summed E-state index contributed by atoms with van der Waals surface area (Å²) in [4.78, 5) is 28.0. The second kappa shape index (κ2) is 6.84. The molecule has 3 heterocycles. The van der Waals surface area contributed by atoms with Crippen LogP contribution in [0.1, 0.15) is 49.9 Å². The molecule has 1 aliphatic rings. The molecule has 1 amide bonds. The van der Waals surface area contributed by atoms with Crippen molar-refractivity contribution in [2.45, 2.75) is 46.6 Å². The number of hydrogen-bond donors (Lipinski definition) is 1. The molecule has 0 radical (unpaired) electrons. The van der Waals surface area contributed by atoms with E-state index in [4.69, 9.17) is 0 Å². The second-order valence-electron chi connectivity index (χ2n) is 6.52. The van der Waals surface area contributed by atoms with Crippen molar-refractivity contribution in [3.63, 3.8) is 0 Å². The summed E-state index contributed by atoms with van der Waals surface area (Å²) >= 11 is 1.55. The van der Waals surface area contributed by atoms with Crippen LogP contribution in [0.25, 0.3) is 0 Å². The summed E-state index contributed by atoms with van der Waals surface area (Å²) in [5.74, 6) is 1.62. The van der Waals surface area contributed by atoms with Crippen LogP contribution in [0.3, 0.4) is 0 Å². The quantitative estimate of drug-likeness (QED) is 0.916. The first kappa shape index (κ1) is 16.8. The molecule has 0 aliphatic carbocycles. The van der Waals surface area contributed by atoms with Crippen molar-refractivity contribution < 1.29 is 4.79 Å². The van der Waals surface area contributed by atoms with Gasteiger partial charge >= 0.3 is 0 Å². The molecule has 1 atom stereocenters. The average Bonchev–Trinajstić information content (AvgIpc) is 3.14. The molecule has 1 fully saturated rings. The molecule has 1 aliphatic heterocycles. The molecule has 0 saturated carbocycles. The topological polar surface area (TPSA) is 71.0 Å². The predicted octanol–water partition coefficient (Wildman–Crippen LogP) is 3.61. The van der Waals surface area contributed by atoms with Crippen LogP contribution in [0, 0.1) is 19.8 Å². The Labute approximate surface area is 146 Å². The van der Waals surface area contributed by atoms with Gasteiger partial charge < -0.3 is 10.2 Å². The van der Waals surface area contributed by atoms with E-state index < -0.39 is 0 Å². The Morgan fingerprint density at radius 1 is 1.29 bits per heavy atom.